The summed E-state index contributed by atoms with van der Waals surface area (Å²) in [5, 5.41) is 10.5. The van der Waals surface area contributed by atoms with Crippen molar-refractivity contribution in [1.82, 2.24) is 9.88 Å². The van der Waals surface area contributed by atoms with Crippen LogP contribution in [0.15, 0.2) is 24.3 Å². The number of aromatic nitrogens is 1. The van der Waals surface area contributed by atoms with Gasteiger partial charge in [0, 0.05) is 32.7 Å². The molecule has 0 unspecified atom stereocenters. The van der Waals surface area contributed by atoms with E-state index in [0.717, 1.165) is 43.4 Å². The number of anilines is 1. The minimum atomic E-state index is -0.242. The number of rotatable bonds is 3. The zero-order chi connectivity index (χ0) is 13.2. The number of aliphatic hydroxyl groups excluding tert-OH is 1. The van der Waals surface area contributed by atoms with Crippen LogP contribution in [0, 0.1) is 0 Å². The van der Waals surface area contributed by atoms with E-state index in [1.54, 1.807) is 11.3 Å². The molecule has 0 bridgehead atoms. The summed E-state index contributed by atoms with van der Waals surface area (Å²) in [6.07, 6.45) is -0.242. The number of para-hydroxylation sites is 1. The topological polar surface area (TPSA) is 39.6 Å². The Balaban J connectivity index is 1.68. The Bertz CT molecular complexity index is 513. The average Bonchev–Trinajstić information content (AvgIpc) is 2.82. The first kappa shape index (κ1) is 12.8. The van der Waals surface area contributed by atoms with E-state index < -0.39 is 0 Å². The summed E-state index contributed by atoms with van der Waals surface area (Å²) < 4.78 is 1.25. The highest BCUT2D eigenvalue weighted by atomic mass is 32.1. The van der Waals surface area contributed by atoms with Gasteiger partial charge in [0.05, 0.1) is 16.3 Å². The Labute approximate surface area is 117 Å². The molecule has 2 aromatic rings. The molecule has 5 heteroatoms. The van der Waals surface area contributed by atoms with Crippen molar-refractivity contribution in [2.24, 2.45) is 0 Å². The van der Waals surface area contributed by atoms with E-state index in [2.05, 4.69) is 28.0 Å². The Morgan fingerprint density at radius 3 is 2.68 bits per heavy atom. The highest BCUT2D eigenvalue weighted by Crippen LogP contribution is 2.28. The van der Waals surface area contributed by atoms with Crippen LogP contribution in [-0.2, 0) is 0 Å². The second-order valence-electron chi connectivity index (χ2n) is 5.10. The smallest absolute Gasteiger partial charge is 0.186 e. The lowest BCUT2D eigenvalue weighted by atomic mass is 10.3. The van der Waals surface area contributed by atoms with E-state index in [1.165, 1.54) is 4.70 Å². The first-order chi connectivity index (χ1) is 9.22. The first-order valence-corrected chi connectivity index (χ1v) is 7.55. The fourth-order valence-corrected chi connectivity index (χ4v) is 3.51. The third-order valence-electron chi connectivity index (χ3n) is 3.45. The van der Waals surface area contributed by atoms with Crippen LogP contribution in [0.2, 0.25) is 0 Å². The molecule has 0 spiro atoms. The Kier molecular flexibility index (Phi) is 3.68. The number of thiazole rings is 1. The summed E-state index contributed by atoms with van der Waals surface area (Å²) in [7, 11) is 0. The summed E-state index contributed by atoms with van der Waals surface area (Å²) in [4.78, 5) is 9.36. The van der Waals surface area contributed by atoms with E-state index in [4.69, 9.17) is 4.98 Å². The van der Waals surface area contributed by atoms with Gasteiger partial charge in [0.2, 0.25) is 0 Å². The molecular weight excluding hydrogens is 258 g/mol. The SMILES string of the molecule is C[C@@H](O)CN1CCN(c2nc3ccccc3s2)CC1. The lowest BCUT2D eigenvalue weighted by Crippen LogP contribution is -2.48. The second kappa shape index (κ2) is 5.45. The molecule has 4 nitrogen and oxygen atoms in total. The zero-order valence-corrected chi connectivity index (χ0v) is 11.9. The molecule has 0 saturated carbocycles. The van der Waals surface area contributed by atoms with Crippen molar-refractivity contribution in [2.45, 2.75) is 13.0 Å². The van der Waals surface area contributed by atoms with Crippen molar-refractivity contribution >= 4 is 26.7 Å². The molecule has 1 fully saturated rings. The monoisotopic (exact) mass is 277 g/mol. The summed E-state index contributed by atoms with van der Waals surface area (Å²) >= 11 is 1.77. The van der Waals surface area contributed by atoms with Gasteiger partial charge in [-0.05, 0) is 19.1 Å². The quantitative estimate of drug-likeness (QED) is 0.928. The van der Waals surface area contributed by atoms with Crippen LogP contribution in [0.4, 0.5) is 5.13 Å². The van der Waals surface area contributed by atoms with Gasteiger partial charge in [-0.15, -0.1) is 0 Å². The first-order valence-electron chi connectivity index (χ1n) is 6.73. The largest absolute Gasteiger partial charge is 0.392 e. The third-order valence-corrected chi connectivity index (χ3v) is 4.55. The van der Waals surface area contributed by atoms with E-state index in [9.17, 15) is 5.11 Å². The molecule has 1 aromatic heterocycles. The molecule has 1 N–H and O–H groups in total. The molecule has 0 aliphatic carbocycles. The molecule has 1 atom stereocenters. The van der Waals surface area contributed by atoms with Gasteiger partial charge in [-0.2, -0.15) is 0 Å². The lowest BCUT2D eigenvalue weighted by molar-refractivity contribution is 0.123. The van der Waals surface area contributed by atoms with Crippen molar-refractivity contribution in [3.63, 3.8) is 0 Å². The Morgan fingerprint density at radius 2 is 2.00 bits per heavy atom. The number of aliphatic hydroxyl groups is 1. The van der Waals surface area contributed by atoms with Crippen LogP contribution >= 0.6 is 11.3 Å². The Morgan fingerprint density at radius 1 is 1.26 bits per heavy atom. The molecule has 0 amide bonds. The number of benzene rings is 1. The van der Waals surface area contributed by atoms with E-state index in [1.807, 2.05) is 13.0 Å². The van der Waals surface area contributed by atoms with Crippen molar-refractivity contribution < 1.29 is 5.11 Å². The van der Waals surface area contributed by atoms with Gasteiger partial charge in [0.1, 0.15) is 0 Å². The maximum absolute atomic E-state index is 9.42. The van der Waals surface area contributed by atoms with Crippen LogP contribution in [0.1, 0.15) is 6.92 Å². The highest BCUT2D eigenvalue weighted by molar-refractivity contribution is 7.22. The number of hydrogen-bond acceptors (Lipinski definition) is 5. The fourth-order valence-electron chi connectivity index (χ4n) is 2.49. The van der Waals surface area contributed by atoms with Gasteiger partial charge in [-0.25, -0.2) is 4.98 Å². The average molecular weight is 277 g/mol. The van der Waals surface area contributed by atoms with Crippen molar-refractivity contribution in [3.8, 4) is 0 Å². The summed E-state index contributed by atoms with van der Waals surface area (Å²) in [5.74, 6) is 0. The standard InChI is InChI=1S/C14H19N3OS/c1-11(18)10-16-6-8-17(9-7-16)14-15-12-4-2-3-5-13(12)19-14/h2-5,11,18H,6-10H2,1H3/t11-/m1/s1. The number of nitrogens with zero attached hydrogens (tertiary/aromatic N) is 3. The Hall–Kier alpha value is -1.17. The van der Waals surface area contributed by atoms with Gasteiger partial charge in [0.25, 0.3) is 0 Å². The fraction of sp³-hybridized carbons (Fsp3) is 0.500. The van der Waals surface area contributed by atoms with Crippen molar-refractivity contribution in [1.29, 1.82) is 0 Å². The summed E-state index contributed by atoms with van der Waals surface area (Å²) in [6.45, 7) is 6.61. The predicted molar refractivity (Wildman–Crippen MR) is 80.0 cm³/mol. The molecule has 102 valence electrons. The van der Waals surface area contributed by atoms with Crippen LogP contribution in [0.25, 0.3) is 10.2 Å². The molecule has 1 aliphatic heterocycles. The summed E-state index contributed by atoms with van der Waals surface area (Å²) in [5.41, 5.74) is 1.09. The van der Waals surface area contributed by atoms with Gasteiger partial charge in [0.15, 0.2) is 5.13 Å². The predicted octanol–water partition coefficient (Wildman–Crippen LogP) is 1.80. The number of piperazine rings is 1. The minimum Gasteiger partial charge on any atom is -0.392 e. The van der Waals surface area contributed by atoms with Crippen molar-refractivity contribution in [3.05, 3.63) is 24.3 Å². The number of β-amino-alcohol motifs (C(OH)–C–C–N with tert-alkyl or cyclic N) is 1. The molecule has 0 radical (unpaired) electrons. The number of fused-ring (bicyclic) bond motifs is 1. The highest BCUT2D eigenvalue weighted by Gasteiger charge is 2.20. The van der Waals surface area contributed by atoms with E-state index in [0.29, 0.717) is 0 Å². The maximum Gasteiger partial charge on any atom is 0.186 e. The lowest BCUT2D eigenvalue weighted by Gasteiger charge is -2.35. The van der Waals surface area contributed by atoms with Crippen LogP contribution < -0.4 is 4.90 Å². The van der Waals surface area contributed by atoms with E-state index >= 15 is 0 Å². The molecule has 1 saturated heterocycles. The van der Waals surface area contributed by atoms with Gasteiger partial charge in [-0.3, -0.25) is 4.90 Å². The molecule has 1 aliphatic rings. The normalized spacial score (nSPS) is 18.9. The van der Waals surface area contributed by atoms with Crippen LogP contribution in [0.5, 0.6) is 0 Å². The minimum absolute atomic E-state index is 0.242. The third kappa shape index (κ3) is 2.88. The number of hydrogen-bond donors (Lipinski definition) is 1. The van der Waals surface area contributed by atoms with Crippen molar-refractivity contribution in [2.75, 3.05) is 37.6 Å². The zero-order valence-electron chi connectivity index (χ0n) is 11.1. The van der Waals surface area contributed by atoms with Crippen LogP contribution in [-0.4, -0.2) is 53.8 Å². The summed E-state index contributed by atoms with van der Waals surface area (Å²) in [6, 6.07) is 8.29. The molecular formula is C14H19N3OS. The second-order valence-corrected chi connectivity index (χ2v) is 6.11. The van der Waals surface area contributed by atoms with Gasteiger partial charge >= 0.3 is 0 Å². The molecule has 2 heterocycles. The van der Waals surface area contributed by atoms with Crippen LogP contribution in [0.3, 0.4) is 0 Å². The van der Waals surface area contributed by atoms with Gasteiger partial charge < -0.3 is 10.0 Å². The maximum atomic E-state index is 9.42. The molecule has 1 aromatic carbocycles. The molecule has 19 heavy (non-hydrogen) atoms. The molecule has 3 rings (SSSR count). The van der Waals surface area contributed by atoms with E-state index in [-0.39, 0.29) is 6.10 Å². The van der Waals surface area contributed by atoms with Gasteiger partial charge in [-0.1, -0.05) is 23.5 Å².